The number of hydrogen-bond acceptors (Lipinski definition) is 2. The standard InChI is InChI=1S/C7H13OS/c1-2-4-7(8)5-3-6-9/h5,9H,2-4,6H2,1H3. The second-order valence-electron chi connectivity index (χ2n) is 1.93. The normalized spacial score (nSPS) is 9.56. The minimum Gasteiger partial charge on any atom is -0.299 e. The van der Waals surface area contributed by atoms with Gasteiger partial charge in [-0.15, -0.1) is 0 Å². The molecule has 0 aliphatic carbocycles. The fraction of sp³-hybridized carbons (Fsp3) is 0.714. The van der Waals surface area contributed by atoms with Crippen LogP contribution in [0.3, 0.4) is 0 Å². The van der Waals surface area contributed by atoms with Crippen LogP contribution >= 0.6 is 12.6 Å². The Labute approximate surface area is 62.2 Å². The maximum atomic E-state index is 10.7. The summed E-state index contributed by atoms with van der Waals surface area (Å²) in [6, 6.07) is 0. The molecule has 0 saturated carbocycles. The van der Waals surface area contributed by atoms with Gasteiger partial charge in [-0.05, 0) is 18.6 Å². The van der Waals surface area contributed by atoms with E-state index in [-0.39, 0.29) is 5.78 Å². The van der Waals surface area contributed by atoms with Gasteiger partial charge in [0, 0.05) is 12.8 Å². The van der Waals surface area contributed by atoms with Crippen molar-refractivity contribution in [2.75, 3.05) is 5.75 Å². The van der Waals surface area contributed by atoms with Crippen LogP contribution in [0.4, 0.5) is 0 Å². The SMILES string of the molecule is CCCC(=O)[CH]CCS. The molecule has 0 bridgehead atoms. The molecule has 0 atom stereocenters. The van der Waals surface area contributed by atoms with Crippen molar-refractivity contribution in [3.8, 4) is 0 Å². The average molecular weight is 145 g/mol. The van der Waals surface area contributed by atoms with Crippen molar-refractivity contribution in [1.82, 2.24) is 0 Å². The summed E-state index contributed by atoms with van der Waals surface area (Å²) in [6.45, 7) is 2.01. The van der Waals surface area contributed by atoms with Gasteiger partial charge >= 0.3 is 0 Å². The van der Waals surface area contributed by atoms with E-state index in [1.54, 1.807) is 6.42 Å². The first-order chi connectivity index (χ1) is 4.31. The Bertz CT molecular complexity index is 81.0. The zero-order valence-electron chi connectivity index (χ0n) is 5.76. The maximum absolute atomic E-state index is 10.7. The van der Waals surface area contributed by atoms with Crippen molar-refractivity contribution >= 4 is 18.4 Å². The minimum atomic E-state index is 0.256. The fourth-order valence-corrected chi connectivity index (χ4v) is 0.703. The van der Waals surface area contributed by atoms with Gasteiger partial charge in [0.25, 0.3) is 0 Å². The molecule has 0 aromatic carbocycles. The predicted molar refractivity (Wildman–Crippen MR) is 42.7 cm³/mol. The Morgan fingerprint density at radius 3 is 2.78 bits per heavy atom. The molecule has 2 heteroatoms. The second-order valence-corrected chi connectivity index (χ2v) is 2.38. The summed E-state index contributed by atoms with van der Waals surface area (Å²) in [5.41, 5.74) is 0. The first-order valence-electron chi connectivity index (χ1n) is 3.28. The molecule has 0 N–H and O–H groups in total. The number of rotatable bonds is 5. The summed E-state index contributed by atoms with van der Waals surface area (Å²) < 4.78 is 0. The van der Waals surface area contributed by atoms with E-state index in [1.807, 2.05) is 6.92 Å². The smallest absolute Gasteiger partial charge is 0.136 e. The lowest BCUT2D eigenvalue weighted by Gasteiger charge is -1.93. The number of ketones is 1. The Kier molecular flexibility index (Phi) is 6.16. The predicted octanol–water partition coefficient (Wildman–Crippen LogP) is 1.88. The van der Waals surface area contributed by atoms with Gasteiger partial charge in [-0.3, -0.25) is 4.79 Å². The zero-order valence-corrected chi connectivity index (χ0v) is 6.66. The van der Waals surface area contributed by atoms with Crippen LogP contribution in [0.25, 0.3) is 0 Å². The lowest BCUT2D eigenvalue weighted by Crippen LogP contribution is -1.97. The monoisotopic (exact) mass is 145 g/mol. The third kappa shape index (κ3) is 5.90. The molecule has 0 aromatic rings. The molecular formula is C7H13OS. The van der Waals surface area contributed by atoms with E-state index in [1.165, 1.54) is 0 Å². The molecule has 1 nitrogen and oxygen atoms in total. The molecule has 0 heterocycles. The lowest BCUT2D eigenvalue weighted by molar-refractivity contribution is -0.116. The van der Waals surface area contributed by atoms with E-state index in [9.17, 15) is 4.79 Å². The molecule has 0 aliphatic heterocycles. The molecule has 0 unspecified atom stereocenters. The molecule has 0 aliphatic rings. The quantitative estimate of drug-likeness (QED) is 0.584. The summed E-state index contributed by atoms with van der Waals surface area (Å²) in [5.74, 6) is 1.03. The summed E-state index contributed by atoms with van der Waals surface area (Å²) in [6.07, 6.45) is 4.16. The van der Waals surface area contributed by atoms with Crippen LogP contribution in [-0.2, 0) is 4.79 Å². The van der Waals surface area contributed by atoms with Crippen molar-refractivity contribution in [3.63, 3.8) is 0 Å². The molecule has 9 heavy (non-hydrogen) atoms. The average Bonchev–Trinajstić information content (AvgIpc) is 1.85. The van der Waals surface area contributed by atoms with Crippen LogP contribution in [0.2, 0.25) is 0 Å². The van der Waals surface area contributed by atoms with E-state index >= 15 is 0 Å². The van der Waals surface area contributed by atoms with Gasteiger partial charge in [0.1, 0.15) is 5.78 Å². The van der Waals surface area contributed by atoms with E-state index in [2.05, 4.69) is 12.6 Å². The number of carbonyl (C=O) groups is 1. The highest BCUT2D eigenvalue weighted by molar-refractivity contribution is 7.80. The fourth-order valence-electron chi connectivity index (χ4n) is 0.574. The van der Waals surface area contributed by atoms with Crippen LogP contribution in [0, 0.1) is 6.42 Å². The lowest BCUT2D eigenvalue weighted by atomic mass is 10.1. The molecule has 0 saturated heterocycles. The Balaban J connectivity index is 3.06. The Hall–Kier alpha value is 0.0200. The van der Waals surface area contributed by atoms with Crippen LogP contribution in [0.5, 0.6) is 0 Å². The highest BCUT2D eigenvalue weighted by atomic mass is 32.1. The number of Topliss-reactive ketones (excluding diaryl/α,β-unsaturated/α-hetero) is 1. The van der Waals surface area contributed by atoms with Gasteiger partial charge in [0.05, 0.1) is 0 Å². The molecule has 0 aromatic heterocycles. The summed E-state index contributed by atoms with van der Waals surface area (Å²) in [5, 5.41) is 0. The molecule has 53 valence electrons. The summed E-state index contributed by atoms with van der Waals surface area (Å²) in [4.78, 5) is 10.7. The van der Waals surface area contributed by atoms with Gasteiger partial charge in [0.2, 0.25) is 0 Å². The molecular weight excluding hydrogens is 132 g/mol. The summed E-state index contributed by atoms with van der Waals surface area (Å²) >= 11 is 3.98. The highest BCUT2D eigenvalue weighted by Gasteiger charge is 1.97. The molecule has 0 rings (SSSR count). The molecule has 0 spiro atoms. The van der Waals surface area contributed by atoms with Crippen molar-refractivity contribution in [2.24, 2.45) is 0 Å². The molecule has 0 fully saturated rings. The third-order valence-electron chi connectivity index (χ3n) is 0.998. The Morgan fingerprint density at radius 2 is 2.33 bits per heavy atom. The number of thiol groups is 1. The largest absolute Gasteiger partial charge is 0.299 e. The van der Waals surface area contributed by atoms with E-state index in [0.29, 0.717) is 6.42 Å². The van der Waals surface area contributed by atoms with Crippen LogP contribution in [-0.4, -0.2) is 11.5 Å². The topological polar surface area (TPSA) is 17.1 Å². The molecule has 1 radical (unpaired) electrons. The van der Waals surface area contributed by atoms with Crippen molar-refractivity contribution in [2.45, 2.75) is 26.2 Å². The Morgan fingerprint density at radius 1 is 1.67 bits per heavy atom. The van der Waals surface area contributed by atoms with Gasteiger partial charge < -0.3 is 0 Å². The van der Waals surface area contributed by atoms with Gasteiger partial charge in [-0.1, -0.05) is 6.92 Å². The first-order valence-corrected chi connectivity index (χ1v) is 3.91. The maximum Gasteiger partial charge on any atom is 0.136 e. The number of carbonyl (C=O) groups excluding carboxylic acids is 1. The zero-order chi connectivity index (χ0) is 7.11. The molecule has 0 amide bonds. The third-order valence-corrected chi connectivity index (χ3v) is 1.26. The first kappa shape index (κ1) is 9.02. The highest BCUT2D eigenvalue weighted by Crippen LogP contribution is 1.97. The van der Waals surface area contributed by atoms with Crippen molar-refractivity contribution in [1.29, 1.82) is 0 Å². The van der Waals surface area contributed by atoms with Crippen LogP contribution in [0.1, 0.15) is 26.2 Å². The van der Waals surface area contributed by atoms with Crippen LogP contribution < -0.4 is 0 Å². The van der Waals surface area contributed by atoms with Crippen molar-refractivity contribution < 1.29 is 4.79 Å². The van der Waals surface area contributed by atoms with E-state index in [0.717, 1.165) is 18.6 Å². The number of hydrogen-bond donors (Lipinski definition) is 1. The van der Waals surface area contributed by atoms with Gasteiger partial charge in [-0.2, -0.15) is 12.6 Å². The van der Waals surface area contributed by atoms with Gasteiger partial charge in [0.15, 0.2) is 0 Å². The summed E-state index contributed by atoms with van der Waals surface area (Å²) in [7, 11) is 0. The minimum absolute atomic E-state index is 0.256. The van der Waals surface area contributed by atoms with Crippen LogP contribution in [0.15, 0.2) is 0 Å². The van der Waals surface area contributed by atoms with E-state index in [4.69, 9.17) is 0 Å². The van der Waals surface area contributed by atoms with E-state index < -0.39 is 0 Å². The van der Waals surface area contributed by atoms with Crippen molar-refractivity contribution in [3.05, 3.63) is 6.42 Å². The van der Waals surface area contributed by atoms with Gasteiger partial charge in [-0.25, -0.2) is 0 Å². The second kappa shape index (κ2) is 6.14.